The second-order valence-corrected chi connectivity index (χ2v) is 5.93. The third kappa shape index (κ3) is 5.86. The summed E-state index contributed by atoms with van der Waals surface area (Å²) in [6.07, 6.45) is 4.92. The Balaban J connectivity index is 2.64. The van der Waals surface area contributed by atoms with Crippen LogP contribution in [0.2, 0.25) is 0 Å². The van der Waals surface area contributed by atoms with Gasteiger partial charge < -0.3 is 4.74 Å². The highest BCUT2D eigenvalue weighted by Gasteiger charge is 2.27. The predicted octanol–water partition coefficient (Wildman–Crippen LogP) is 4.51. The number of carbonyl (C=O) groups excluding carboxylic acids is 1. The summed E-state index contributed by atoms with van der Waals surface area (Å²) in [6, 6.07) is 9.93. The number of benzene rings is 1. The van der Waals surface area contributed by atoms with Gasteiger partial charge in [0.15, 0.2) is 0 Å². The Morgan fingerprint density at radius 1 is 1.33 bits per heavy atom. The van der Waals surface area contributed by atoms with Gasteiger partial charge >= 0.3 is 6.09 Å². The lowest BCUT2D eigenvalue weighted by atomic mass is 10.1. The highest BCUT2D eigenvalue weighted by atomic mass is 16.6. The van der Waals surface area contributed by atoms with Gasteiger partial charge in [-0.1, -0.05) is 42.5 Å². The molecule has 114 valence electrons. The van der Waals surface area contributed by atoms with Gasteiger partial charge in [0.05, 0.1) is 0 Å². The first-order valence-corrected chi connectivity index (χ1v) is 7.17. The van der Waals surface area contributed by atoms with Gasteiger partial charge in [0.1, 0.15) is 6.10 Å². The van der Waals surface area contributed by atoms with Crippen molar-refractivity contribution in [1.82, 2.24) is 4.90 Å². The maximum absolute atomic E-state index is 12.2. The van der Waals surface area contributed by atoms with Crippen molar-refractivity contribution in [2.24, 2.45) is 0 Å². The molecule has 1 rings (SSSR count). The van der Waals surface area contributed by atoms with Gasteiger partial charge in [-0.25, -0.2) is 4.79 Å². The molecule has 0 spiro atoms. The molecule has 1 unspecified atom stereocenters. The smallest absolute Gasteiger partial charge is 0.411 e. The van der Waals surface area contributed by atoms with Crippen LogP contribution in [0.25, 0.3) is 6.08 Å². The van der Waals surface area contributed by atoms with E-state index in [2.05, 4.69) is 6.58 Å². The first-order valence-electron chi connectivity index (χ1n) is 7.17. The monoisotopic (exact) mass is 287 g/mol. The average Bonchev–Trinajstić information content (AvgIpc) is 2.42. The zero-order valence-corrected chi connectivity index (χ0v) is 13.4. The van der Waals surface area contributed by atoms with E-state index in [9.17, 15) is 4.79 Å². The lowest BCUT2D eigenvalue weighted by Gasteiger charge is -2.34. The summed E-state index contributed by atoms with van der Waals surface area (Å²) in [7, 11) is 0. The molecular weight excluding hydrogens is 262 g/mol. The molecule has 0 saturated heterocycles. The molecule has 21 heavy (non-hydrogen) atoms. The zero-order chi connectivity index (χ0) is 15.9. The summed E-state index contributed by atoms with van der Waals surface area (Å²) in [5.74, 6) is 0. The molecule has 0 aromatic heterocycles. The van der Waals surface area contributed by atoms with Gasteiger partial charge in [0, 0.05) is 12.1 Å². The van der Waals surface area contributed by atoms with Crippen molar-refractivity contribution in [3.05, 3.63) is 54.6 Å². The van der Waals surface area contributed by atoms with Crippen LogP contribution in [0.5, 0.6) is 0 Å². The minimum atomic E-state index is -0.326. The molecule has 0 heterocycles. The summed E-state index contributed by atoms with van der Waals surface area (Å²) in [5, 5.41) is 0. The van der Waals surface area contributed by atoms with E-state index in [0.29, 0.717) is 6.54 Å². The third-order valence-corrected chi connectivity index (χ3v) is 2.99. The Bertz CT molecular complexity index is 486. The average molecular weight is 287 g/mol. The van der Waals surface area contributed by atoms with Crippen molar-refractivity contribution in [2.45, 2.75) is 39.3 Å². The summed E-state index contributed by atoms with van der Waals surface area (Å²) in [6.45, 7) is 11.9. The predicted molar refractivity (Wildman–Crippen MR) is 88.1 cm³/mol. The van der Waals surface area contributed by atoms with Crippen LogP contribution in [0.4, 0.5) is 4.79 Å². The topological polar surface area (TPSA) is 29.5 Å². The van der Waals surface area contributed by atoms with Crippen LogP contribution in [-0.4, -0.2) is 29.2 Å². The van der Waals surface area contributed by atoms with Crippen LogP contribution < -0.4 is 0 Å². The van der Waals surface area contributed by atoms with Crippen LogP contribution in [0.1, 0.15) is 33.3 Å². The van der Waals surface area contributed by atoms with E-state index in [4.69, 9.17) is 4.74 Å². The fraction of sp³-hybridized carbons (Fsp3) is 0.389. The molecule has 0 aliphatic heterocycles. The summed E-state index contributed by atoms with van der Waals surface area (Å²) in [5.41, 5.74) is 0.785. The van der Waals surface area contributed by atoms with Crippen LogP contribution in [0.3, 0.4) is 0 Å². The quantitative estimate of drug-likeness (QED) is 0.746. The van der Waals surface area contributed by atoms with Gasteiger partial charge in [-0.05, 0) is 39.3 Å². The molecule has 3 heteroatoms. The van der Waals surface area contributed by atoms with E-state index in [0.717, 1.165) is 5.56 Å². The first-order chi connectivity index (χ1) is 9.84. The lowest BCUT2D eigenvalue weighted by Crippen LogP contribution is -2.46. The van der Waals surface area contributed by atoms with E-state index < -0.39 is 0 Å². The number of ether oxygens (including phenoxy) is 1. The largest absolute Gasteiger partial charge is 0.442 e. The molecule has 0 bridgehead atoms. The first kappa shape index (κ1) is 17.0. The zero-order valence-electron chi connectivity index (χ0n) is 13.4. The molecule has 1 aromatic rings. The molecular formula is C18H25NO2. The van der Waals surface area contributed by atoms with Crippen molar-refractivity contribution in [1.29, 1.82) is 0 Å². The van der Waals surface area contributed by atoms with Crippen molar-refractivity contribution < 1.29 is 9.53 Å². The van der Waals surface area contributed by atoms with Crippen molar-refractivity contribution in [2.75, 3.05) is 6.54 Å². The minimum absolute atomic E-state index is 0.285. The number of amides is 1. The molecule has 0 radical (unpaired) electrons. The summed E-state index contributed by atoms with van der Waals surface area (Å²) in [4.78, 5) is 13.9. The SMILES string of the molecule is C=CCN(C(=O)OC(C)C=Cc1ccccc1)C(C)(C)C. The summed E-state index contributed by atoms with van der Waals surface area (Å²) < 4.78 is 5.47. The van der Waals surface area contributed by atoms with E-state index in [-0.39, 0.29) is 17.7 Å². The second-order valence-electron chi connectivity index (χ2n) is 5.93. The summed E-state index contributed by atoms with van der Waals surface area (Å²) >= 11 is 0. The Hall–Kier alpha value is -2.03. The molecule has 0 aliphatic rings. The normalized spacial score (nSPS) is 13.0. The molecule has 1 atom stereocenters. The maximum Gasteiger partial charge on any atom is 0.411 e. The Morgan fingerprint density at radius 2 is 1.95 bits per heavy atom. The maximum atomic E-state index is 12.2. The Kier molecular flexibility index (Phi) is 6.22. The molecule has 0 N–H and O–H groups in total. The second kappa shape index (κ2) is 7.67. The standard InChI is InChI=1S/C18H25NO2/c1-6-14-19(18(3,4)5)17(20)21-15(2)12-13-16-10-8-7-9-11-16/h6-13,15H,1,14H2,2-5H3. The Labute approximate surface area is 127 Å². The van der Waals surface area contributed by atoms with Gasteiger partial charge in [-0.15, -0.1) is 6.58 Å². The Morgan fingerprint density at radius 3 is 2.48 bits per heavy atom. The van der Waals surface area contributed by atoms with Crippen molar-refractivity contribution in [3.63, 3.8) is 0 Å². The van der Waals surface area contributed by atoms with Crippen LogP contribution >= 0.6 is 0 Å². The van der Waals surface area contributed by atoms with Crippen molar-refractivity contribution >= 4 is 12.2 Å². The van der Waals surface area contributed by atoms with E-state index in [1.165, 1.54) is 0 Å². The molecule has 0 aliphatic carbocycles. The van der Waals surface area contributed by atoms with Crippen LogP contribution in [0, 0.1) is 0 Å². The van der Waals surface area contributed by atoms with E-state index in [1.54, 1.807) is 11.0 Å². The molecule has 0 saturated carbocycles. The minimum Gasteiger partial charge on any atom is -0.442 e. The van der Waals surface area contributed by atoms with Crippen LogP contribution in [0.15, 0.2) is 49.1 Å². The van der Waals surface area contributed by atoms with Gasteiger partial charge in [0.2, 0.25) is 0 Å². The third-order valence-electron chi connectivity index (χ3n) is 2.99. The number of rotatable bonds is 5. The number of hydrogen-bond donors (Lipinski definition) is 0. The van der Waals surface area contributed by atoms with Gasteiger partial charge in [-0.3, -0.25) is 4.90 Å². The molecule has 1 aromatic carbocycles. The molecule has 1 amide bonds. The highest BCUT2D eigenvalue weighted by Crippen LogP contribution is 2.15. The number of nitrogens with zero attached hydrogens (tertiary/aromatic N) is 1. The fourth-order valence-electron chi connectivity index (χ4n) is 1.82. The van der Waals surface area contributed by atoms with Crippen molar-refractivity contribution in [3.8, 4) is 0 Å². The van der Waals surface area contributed by atoms with E-state index in [1.807, 2.05) is 70.2 Å². The number of hydrogen-bond acceptors (Lipinski definition) is 2. The lowest BCUT2D eigenvalue weighted by molar-refractivity contribution is 0.0609. The van der Waals surface area contributed by atoms with Crippen LogP contribution in [-0.2, 0) is 4.74 Å². The fourth-order valence-corrected chi connectivity index (χ4v) is 1.82. The molecule has 0 fully saturated rings. The van der Waals surface area contributed by atoms with Gasteiger partial charge in [-0.2, -0.15) is 0 Å². The van der Waals surface area contributed by atoms with Gasteiger partial charge in [0.25, 0.3) is 0 Å². The highest BCUT2D eigenvalue weighted by molar-refractivity contribution is 5.69. The number of carbonyl (C=O) groups is 1. The van der Waals surface area contributed by atoms with E-state index >= 15 is 0 Å². The molecule has 3 nitrogen and oxygen atoms in total.